The molecule has 0 spiro atoms. The molecule has 0 radical (unpaired) electrons. The summed E-state index contributed by atoms with van der Waals surface area (Å²) in [4.78, 5) is 23.1. The van der Waals surface area contributed by atoms with Gasteiger partial charge in [0.2, 0.25) is 0 Å². The third kappa shape index (κ3) is 3.61. The van der Waals surface area contributed by atoms with E-state index >= 15 is 0 Å². The molecule has 1 aliphatic carbocycles. The van der Waals surface area contributed by atoms with Gasteiger partial charge >= 0.3 is 11.8 Å². The maximum Gasteiger partial charge on any atom is 0.309 e. The Bertz CT molecular complexity index is 394. The van der Waals surface area contributed by atoms with E-state index in [-0.39, 0.29) is 6.04 Å². The van der Waals surface area contributed by atoms with E-state index in [9.17, 15) is 9.59 Å². The lowest BCUT2D eigenvalue weighted by atomic mass is 10.2. The zero-order chi connectivity index (χ0) is 12.8. The molecule has 2 rings (SSSR count). The van der Waals surface area contributed by atoms with Gasteiger partial charge in [-0.1, -0.05) is 12.8 Å². The minimum atomic E-state index is -0.551. The summed E-state index contributed by atoms with van der Waals surface area (Å²) in [6.45, 7) is 0.441. The number of carbonyl (C=O) groups excluding carboxylic acids is 2. The minimum Gasteiger partial charge on any atom is -0.472 e. The van der Waals surface area contributed by atoms with Gasteiger partial charge in [0.05, 0.1) is 12.5 Å². The first kappa shape index (κ1) is 12.7. The summed E-state index contributed by atoms with van der Waals surface area (Å²) in [6, 6.07) is 2.02. The van der Waals surface area contributed by atoms with Crippen LogP contribution in [0.1, 0.15) is 31.2 Å². The number of amides is 2. The summed E-state index contributed by atoms with van der Waals surface area (Å²) in [7, 11) is 0. The molecule has 5 nitrogen and oxygen atoms in total. The smallest absolute Gasteiger partial charge is 0.309 e. The van der Waals surface area contributed by atoms with Crippen LogP contribution in [0.4, 0.5) is 0 Å². The molecule has 1 aromatic rings. The minimum absolute atomic E-state index is 0.178. The first-order valence-corrected chi connectivity index (χ1v) is 6.35. The maximum atomic E-state index is 11.5. The summed E-state index contributed by atoms with van der Waals surface area (Å²) in [5.74, 6) is -1.07. The molecule has 0 unspecified atom stereocenters. The van der Waals surface area contributed by atoms with Crippen molar-refractivity contribution in [3.8, 4) is 0 Å². The fourth-order valence-corrected chi connectivity index (χ4v) is 2.16. The Morgan fingerprint density at radius 1 is 1.28 bits per heavy atom. The molecule has 1 aromatic heterocycles. The molecular weight excluding hydrogens is 232 g/mol. The molecule has 2 amide bonds. The predicted molar refractivity (Wildman–Crippen MR) is 65.8 cm³/mol. The average molecular weight is 250 g/mol. The Balaban J connectivity index is 1.65. The van der Waals surface area contributed by atoms with Gasteiger partial charge in [-0.2, -0.15) is 0 Å². The van der Waals surface area contributed by atoms with Gasteiger partial charge < -0.3 is 15.1 Å². The lowest BCUT2D eigenvalue weighted by Crippen LogP contribution is -2.44. The Kier molecular flexibility index (Phi) is 4.39. The second kappa shape index (κ2) is 6.23. The predicted octanol–water partition coefficient (Wildman–Crippen LogP) is 0.997. The molecule has 98 valence electrons. The highest BCUT2D eigenvalue weighted by Gasteiger charge is 2.20. The molecule has 1 aliphatic rings. The van der Waals surface area contributed by atoms with E-state index in [1.54, 1.807) is 12.5 Å². The monoisotopic (exact) mass is 250 g/mol. The van der Waals surface area contributed by atoms with Crippen molar-refractivity contribution in [3.05, 3.63) is 24.2 Å². The molecule has 0 bridgehead atoms. The second-order valence-corrected chi connectivity index (χ2v) is 4.59. The van der Waals surface area contributed by atoms with Crippen LogP contribution in [0.5, 0.6) is 0 Å². The van der Waals surface area contributed by atoms with Crippen molar-refractivity contribution in [3.63, 3.8) is 0 Å². The highest BCUT2D eigenvalue weighted by molar-refractivity contribution is 6.35. The number of carbonyl (C=O) groups is 2. The maximum absolute atomic E-state index is 11.5. The van der Waals surface area contributed by atoms with Crippen molar-refractivity contribution >= 4 is 11.8 Å². The average Bonchev–Trinajstić information content (AvgIpc) is 3.01. The van der Waals surface area contributed by atoms with Crippen LogP contribution in [0.15, 0.2) is 23.0 Å². The van der Waals surface area contributed by atoms with Gasteiger partial charge in [-0.3, -0.25) is 9.59 Å². The molecule has 1 fully saturated rings. The van der Waals surface area contributed by atoms with Crippen LogP contribution in [0.25, 0.3) is 0 Å². The lowest BCUT2D eigenvalue weighted by Gasteiger charge is -2.11. The third-order valence-corrected chi connectivity index (χ3v) is 3.18. The Labute approximate surface area is 106 Å². The van der Waals surface area contributed by atoms with Crippen LogP contribution in [0, 0.1) is 0 Å². The summed E-state index contributed by atoms with van der Waals surface area (Å²) in [5.41, 5.74) is 1.01. The van der Waals surface area contributed by atoms with E-state index in [0.717, 1.165) is 31.2 Å². The summed E-state index contributed by atoms with van der Waals surface area (Å²) >= 11 is 0. The van der Waals surface area contributed by atoms with Gasteiger partial charge in [0.1, 0.15) is 0 Å². The fraction of sp³-hybridized carbons (Fsp3) is 0.538. The quantitative estimate of drug-likeness (QED) is 0.783. The summed E-state index contributed by atoms with van der Waals surface area (Å²) < 4.78 is 4.92. The van der Waals surface area contributed by atoms with Crippen molar-refractivity contribution in [2.75, 3.05) is 6.54 Å². The number of nitrogens with one attached hydrogen (secondary N) is 2. The lowest BCUT2D eigenvalue weighted by molar-refractivity contribution is -0.139. The number of rotatable bonds is 4. The Hall–Kier alpha value is -1.78. The van der Waals surface area contributed by atoms with E-state index in [2.05, 4.69) is 10.6 Å². The molecule has 5 heteroatoms. The number of furan rings is 1. The molecule has 0 aromatic carbocycles. The molecule has 2 N–H and O–H groups in total. The van der Waals surface area contributed by atoms with Gasteiger partial charge in [0.25, 0.3) is 0 Å². The number of hydrogen-bond donors (Lipinski definition) is 2. The van der Waals surface area contributed by atoms with E-state index in [1.165, 1.54) is 0 Å². The Morgan fingerprint density at radius 2 is 2.06 bits per heavy atom. The van der Waals surface area contributed by atoms with E-state index < -0.39 is 11.8 Å². The standard InChI is InChI=1S/C13H18N2O3/c16-12(13(17)15-11-3-1-2-4-11)14-7-5-10-6-8-18-9-10/h6,8-9,11H,1-5,7H2,(H,14,16)(H,15,17). The molecule has 0 atom stereocenters. The van der Waals surface area contributed by atoms with Gasteiger partial charge in [-0.05, 0) is 30.9 Å². The molecule has 18 heavy (non-hydrogen) atoms. The molecule has 1 heterocycles. The third-order valence-electron chi connectivity index (χ3n) is 3.18. The van der Waals surface area contributed by atoms with Crippen molar-refractivity contribution in [1.82, 2.24) is 10.6 Å². The van der Waals surface area contributed by atoms with Crippen molar-refractivity contribution in [2.45, 2.75) is 38.1 Å². The molecular formula is C13H18N2O3. The van der Waals surface area contributed by atoms with E-state index in [1.807, 2.05) is 6.07 Å². The van der Waals surface area contributed by atoms with Crippen LogP contribution in [0.3, 0.4) is 0 Å². The van der Waals surface area contributed by atoms with Crippen molar-refractivity contribution < 1.29 is 14.0 Å². The van der Waals surface area contributed by atoms with Crippen LogP contribution >= 0.6 is 0 Å². The van der Waals surface area contributed by atoms with Crippen molar-refractivity contribution in [1.29, 1.82) is 0 Å². The first-order valence-electron chi connectivity index (χ1n) is 6.35. The summed E-state index contributed by atoms with van der Waals surface area (Å²) in [6.07, 6.45) is 8.11. The Morgan fingerprint density at radius 3 is 2.72 bits per heavy atom. The zero-order valence-corrected chi connectivity index (χ0v) is 10.3. The van der Waals surface area contributed by atoms with E-state index in [4.69, 9.17) is 4.42 Å². The highest BCUT2D eigenvalue weighted by atomic mass is 16.3. The number of hydrogen-bond acceptors (Lipinski definition) is 3. The second-order valence-electron chi connectivity index (χ2n) is 4.59. The van der Waals surface area contributed by atoms with Crippen LogP contribution < -0.4 is 10.6 Å². The summed E-state index contributed by atoms with van der Waals surface area (Å²) in [5, 5.41) is 5.35. The van der Waals surface area contributed by atoms with Crippen LogP contribution in [-0.4, -0.2) is 24.4 Å². The normalized spacial score (nSPS) is 15.6. The topological polar surface area (TPSA) is 71.3 Å². The zero-order valence-electron chi connectivity index (χ0n) is 10.3. The SMILES string of the molecule is O=C(NCCc1ccoc1)C(=O)NC1CCCC1. The fourth-order valence-electron chi connectivity index (χ4n) is 2.16. The van der Waals surface area contributed by atoms with Gasteiger partial charge in [0, 0.05) is 12.6 Å². The van der Waals surface area contributed by atoms with E-state index in [0.29, 0.717) is 13.0 Å². The van der Waals surface area contributed by atoms with Crippen LogP contribution in [-0.2, 0) is 16.0 Å². The highest BCUT2D eigenvalue weighted by Crippen LogP contribution is 2.17. The van der Waals surface area contributed by atoms with Gasteiger partial charge in [-0.25, -0.2) is 0 Å². The largest absolute Gasteiger partial charge is 0.472 e. The first-order chi connectivity index (χ1) is 8.75. The molecule has 0 aliphatic heterocycles. The van der Waals surface area contributed by atoms with Crippen LogP contribution in [0.2, 0.25) is 0 Å². The van der Waals surface area contributed by atoms with Gasteiger partial charge in [-0.15, -0.1) is 0 Å². The van der Waals surface area contributed by atoms with Crippen molar-refractivity contribution in [2.24, 2.45) is 0 Å². The van der Waals surface area contributed by atoms with Gasteiger partial charge in [0.15, 0.2) is 0 Å². The molecule has 1 saturated carbocycles. The molecule has 0 saturated heterocycles.